The second kappa shape index (κ2) is 3.32. The first-order valence-corrected chi connectivity index (χ1v) is 4.31. The van der Waals surface area contributed by atoms with Crippen LogP contribution in [-0.2, 0) is 4.79 Å². The summed E-state index contributed by atoms with van der Waals surface area (Å²) in [6.07, 6.45) is 3.77. The van der Waals surface area contributed by atoms with Crippen LogP contribution in [0.3, 0.4) is 0 Å². The zero-order valence-corrected chi connectivity index (χ0v) is 7.95. The summed E-state index contributed by atoms with van der Waals surface area (Å²) in [5.74, 6) is -0.836. The van der Waals surface area contributed by atoms with E-state index in [9.17, 15) is 9.90 Å². The number of hydrogen-bond acceptors (Lipinski definition) is 5. The van der Waals surface area contributed by atoms with E-state index in [2.05, 4.69) is 10.2 Å². The van der Waals surface area contributed by atoms with Gasteiger partial charge in [-0.3, -0.25) is 4.90 Å². The summed E-state index contributed by atoms with van der Waals surface area (Å²) >= 11 is 0. The number of aliphatic carboxylic acids is 1. The van der Waals surface area contributed by atoms with Crippen molar-refractivity contribution in [1.82, 2.24) is 4.90 Å². The highest BCUT2D eigenvalue weighted by atomic mass is 16.4. The molecule has 2 N–H and O–H groups in total. The van der Waals surface area contributed by atoms with Crippen molar-refractivity contribution in [3.05, 3.63) is 23.9 Å². The minimum Gasteiger partial charge on any atom is -0.477 e. The summed E-state index contributed by atoms with van der Waals surface area (Å²) in [6.45, 7) is 1.87. The maximum Gasteiger partial charge on any atom is 0.356 e. The number of fused-ring (bicyclic) bond motifs is 1. The van der Waals surface area contributed by atoms with Crippen LogP contribution in [0.4, 0.5) is 0 Å². The lowest BCUT2D eigenvalue weighted by Gasteiger charge is -2.29. The lowest BCUT2D eigenvalue weighted by atomic mass is 10.1. The molecule has 0 bridgehead atoms. The second-order valence-electron chi connectivity index (χ2n) is 3.23. The van der Waals surface area contributed by atoms with Gasteiger partial charge >= 0.3 is 5.97 Å². The zero-order chi connectivity index (χ0) is 11.0. The summed E-state index contributed by atoms with van der Waals surface area (Å²) in [4.78, 5) is 12.0. The van der Waals surface area contributed by atoms with Crippen molar-refractivity contribution in [2.75, 3.05) is 0 Å². The molecule has 0 aromatic rings. The fraction of sp³-hybridized carbons (Fsp3) is 0.222. The Morgan fingerprint density at radius 3 is 2.93 bits per heavy atom. The molecule has 6 heteroatoms. The molecule has 0 saturated heterocycles. The normalized spacial score (nSPS) is 24.0. The molecule has 0 aromatic heterocycles. The van der Waals surface area contributed by atoms with Crippen LogP contribution in [0.5, 0.6) is 0 Å². The molecule has 1 atom stereocenters. The lowest BCUT2D eigenvalue weighted by molar-refractivity contribution is -0.130. The van der Waals surface area contributed by atoms with Gasteiger partial charge in [0, 0.05) is 6.20 Å². The van der Waals surface area contributed by atoms with Crippen LogP contribution in [0.2, 0.25) is 0 Å². The fourth-order valence-corrected chi connectivity index (χ4v) is 1.33. The molecule has 15 heavy (non-hydrogen) atoms. The maximum atomic E-state index is 10.7. The summed E-state index contributed by atoms with van der Waals surface area (Å²) in [5, 5.41) is 25.6. The number of nitrogens with zero attached hydrogens (tertiary/aromatic N) is 3. The van der Waals surface area contributed by atoms with E-state index in [4.69, 9.17) is 5.11 Å². The van der Waals surface area contributed by atoms with Crippen LogP contribution < -0.4 is 0 Å². The molecule has 2 aliphatic heterocycles. The number of aliphatic hydroxyl groups is 1. The van der Waals surface area contributed by atoms with Crippen molar-refractivity contribution in [2.24, 2.45) is 10.2 Å². The van der Waals surface area contributed by atoms with E-state index in [0.29, 0.717) is 5.84 Å². The smallest absolute Gasteiger partial charge is 0.356 e. The van der Waals surface area contributed by atoms with Gasteiger partial charge in [-0.05, 0) is 24.6 Å². The minimum absolute atomic E-state index is 0.378. The maximum absolute atomic E-state index is 10.7. The topological polar surface area (TPSA) is 85.5 Å². The number of carboxylic acid groups (broad SMARTS) is 1. The number of allylic oxidation sites excluding steroid dienone is 2. The van der Waals surface area contributed by atoms with Gasteiger partial charge in [-0.25, -0.2) is 4.79 Å². The van der Waals surface area contributed by atoms with E-state index >= 15 is 0 Å². The third-order valence-electron chi connectivity index (χ3n) is 2.11. The van der Waals surface area contributed by atoms with Gasteiger partial charge in [0.25, 0.3) is 0 Å². The fourth-order valence-electron chi connectivity index (χ4n) is 1.33. The summed E-state index contributed by atoms with van der Waals surface area (Å²) < 4.78 is 0. The van der Waals surface area contributed by atoms with Crippen LogP contribution in [-0.4, -0.2) is 38.9 Å². The van der Waals surface area contributed by atoms with Crippen molar-refractivity contribution in [2.45, 2.75) is 13.2 Å². The molecule has 0 unspecified atom stereocenters. The highest BCUT2D eigenvalue weighted by Crippen LogP contribution is 2.16. The molecule has 0 radical (unpaired) electrons. The Kier molecular flexibility index (Phi) is 2.12. The number of hydrogen-bond donors (Lipinski definition) is 2. The molecule has 0 saturated carbocycles. The molecule has 2 aliphatic rings. The minimum atomic E-state index is -1.28. The molecule has 2 heterocycles. The molecule has 0 amide bonds. The van der Waals surface area contributed by atoms with E-state index in [1.54, 1.807) is 18.4 Å². The second-order valence-corrected chi connectivity index (χ2v) is 3.23. The molecular formula is C9H9N3O3. The van der Waals surface area contributed by atoms with E-state index < -0.39 is 12.2 Å². The van der Waals surface area contributed by atoms with E-state index in [-0.39, 0.29) is 5.71 Å². The van der Waals surface area contributed by atoms with Crippen LogP contribution in [0.15, 0.2) is 34.1 Å². The standard InChI is InChI=1S/C9H9N3O3/c1-5-2-3-12-6(4-5)10-11-7(8(12)13)9(14)15/h2-4,8,13H,1H3,(H,14,15)/t8-/m1/s1. The predicted molar refractivity (Wildman–Crippen MR) is 53.2 cm³/mol. The third kappa shape index (κ3) is 1.55. The Labute approximate surface area is 85.5 Å². The number of amidine groups is 1. The third-order valence-corrected chi connectivity index (χ3v) is 2.11. The highest BCUT2D eigenvalue weighted by Gasteiger charge is 2.31. The van der Waals surface area contributed by atoms with Gasteiger partial charge in [0.15, 0.2) is 17.8 Å². The van der Waals surface area contributed by atoms with Crippen LogP contribution in [0.1, 0.15) is 6.92 Å². The van der Waals surface area contributed by atoms with Gasteiger partial charge in [-0.2, -0.15) is 0 Å². The van der Waals surface area contributed by atoms with Crippen molar-refractivity contribution in [3.8, 4) is 0 Å². The van der Waals surface area contributed by atoms with Gasteiger partial charge in [-0.15, -0.1) is 10.2 Å². The Bertz CT molecular complexity index is 434. The van der Waals surface area contributed by atoms with Gasteiger partial charge in [0.1, 0.15) is 0 Å². The van der Waals surface area contributed by atoms with Gasteiger partial charge < -0.3 is 10.2 Å². The Morgan fingerprint density at radius 1 is 1.53 bits per heavy atom. The first-order chi connectivity index (χ1) is 7.09. The van der Waals surface area contributed by atoms with Crippen molar-refractivity contribution >= 4 is 17.5 Å². The van der Waals surface area contributed by atoms with Crippen molar-refractivity contribution in [1.29, 1.82) is 0 Å². The number of carbonyl (C=O) groups is 1. The molecule has 0 fully saturated rings. The Balaban J connectivity index is 2.40. The van der Waals surface area contributed by atoms with Crippen LogP contribution in [0, 0.1) is 0 Å². The van der Waals surface area contributed by atoms with Crippen molar-refractivity contribution in [3.63, 3.8) is 0 Å². The molecule has 0 aromatic carbocycles. The summed E-state index contributed by atoms with van der Waals surface area (Å²) in [5.41, 5.74) is 0.586. The monoisotopic (exact) mass is 207 g/mol. The number of rotatable bonds is 1. The molecule has 6 nitrogen and oxygen atoms in total. The summed E-state index contributed by atoms with van der Waals surface area (Å²) in [7, 11) is 0. The quantitative estimate of drug-likeness (QED) is 0.630. The zero-order valence-electron chi connectivity index (χ0n) is 7.95. The highest BCUT2D eigenvalue weighted by molar-refractivity contribution is 6.38. The largest absolute Gasteiger partial charge is 0.477 e. The number of carboxylic acids is 1. The Hall–Kier alpha value is -1.95. The lowest BCUT2D eigenvalue weighted by Crippen LogP contribution is -2.46. The first kappa shape index (κ1) is 9.60. The number of aliphatic hydroxyl groups excluding tert-OH is 1. The van der Waals surface area contributed by atoms with Gasteiger partial charge in [0.2, 0.25) is 0 Å². The molecule has 2 rings (SSSR count). The van der Waals surface area contributed by atoms with Crippen molar-refractivity contribution < 1.29 is 15.0 Å². The average molecular weight is 207 g/mol. The van der Waals surface area contributed by atoms with E-state index in [1.807, 2.05) is 6.92 Å². The van der Waals surface area contributed by atoms with Gasteiger partial charge in [0.05, 0.1) is 0 Å². The van der Waals surface area contributed by atoms with E-state index in [1.165, 1.54) is 4.90 Å². The van der Waals surface area contributed by atoms with Gasteiger partial charge in [-0.1, -0.05) is 0 Å². The van der Waals surface area contributed by atoms with E-state index in [0.717, 1.165) is 5.57 Å². The Morgan fingerprint density at radius 2 is 2.27 bits per heavy atom. The predicted octanol–water partition coefficient (Wildman–Crippen LogP) is -0.0669. The molecule has 0 spiro atoms. The first-order valence-electron chi connectivity index (χ1n) is 4.31. The summed E-state index contributed by atoms with van der Waals surface area (Å²) in [6, 6.07) is 0. The van der Waals surface area contributed by atoms with Crippen LogP contribution >= 0.6 is 0 Å². The molecule has 0 aliphatic carbocycles. The molecular weight excluding hydrogens is 198 g/mol. The van der Waals surface area contributed by atoms with Crippen LogP contribution in [0.25, 0.3) is 0 Å². The SMILES string of the molecule is CC1=CC2=NN=C(C(=O)O)[C@@H](O)N2C=C1. The average Bonchev–Trinajstić information content (AvgIpc) is 2.17. The molecule has 78 valence electrons.